The molecule has 1 aliphatic carbocycles. The Bertz CT molecular complexity index is 839. The summed E-state index contributed by atoms with van der Waals surface area (Å²) in [7, 11) is -3.54. The van der Waals surface area contributed by atoms with Crippen molar-refractivity contribution in [2.75, 3.05) is 0 Å². The highest BCUT2D eigenvalue weighted by Crippen LogP contribution is 2.33. The molecule has 1 saturated carbocycles. The lowest BCUT2D eigenvalue weighted by Crippen LogP contribution is -2.32. The van der Waals surface area contributed by atoms with E-state index in [1.807, 2.05) is 6.92 Å². The van der Waals surface area contributed by atoms with E-state index in [0.717, 1.165) is 24.0 Å². The first-order valence-electron chi connectivity index (χ1n) is 7.85. The van der Waals surface area contributed by atoms with Crippen LogP contribution >= 0.6 is 0 Å². The van der Waals surface area contributed by atoms with E-state index in [1.54, 1.807) is 52.8 Å². The van der Waals surface area contributed by atoms with Gasteiger partial charge in [-0.1, -0.05) is 29.8 Å². The lowest BCUT2D eigenvalue weighted by atomic mass is 10.1. The summed E-state index contributed by atoms with van der Waals surface area (Å²) in [6.07, 6.45) is 1.76. The van der Waals surface area contributed by atoms with Crippen LogP contribution in [0.1, 0.15) is 34.3 Å². The Hall–Kier alpha value is -2.18. The van der Waals surface area contributed by atoms with Crippen molar-refractivity contribution in [2.24, 2.45) is 5.73 Å². The monoisotopic (exact) mass is 344 g/mol. The summed E-state index contributed by atoms with van der Waals surface area (Å²) >= 11 is 0. The predicted molar refractivity (Wildman–Crippen MR) is 91.9 cm³/mol. The molecule has 2 aromatic rings. The van der Waals surface area contributed by atoms with Crippen molar-refractivity contribution < 1.29 is 13.2 Å². The second-order valence-corrected chi connectivity index (χ2v) is 8.05. The molecule has 0 atom stereocenters. The van der Waals surface area contributed by atoms with Crippen LogP contribution in [-0.4, -0.2) is 24.7 Å². The molecule has 0 aliphatic heterocycles. The summed E-state index contributed by atoms with van der Waals surface area (Å²) in [5.41, 5.74) is 7.51. The summed E-state index contributed by atoms with van der Waals surface area (Å²) in [5, 5.41) is 0. The maximum atomic E-state index is 13.0. The van der Waals surface area contributed by atoms with E-state index in [4.69, 9.17) is 5.73 Å². The standard InChI is InChI=1S/C18H20N2O3S/c1-13-2-10-17(11-3-13)24(22,23)20(16-8-9-16)12-14-4-6-15(7-5-14)18(19)21/h2-7,10-11,16H,8-9,12H2,1H3,(H2,19,21). The second-order valence-electron chi connectivity index (χ2n) is 6.16. The lowest BCUT2D eigenvalue weighted by molar-refractivity contribution is 0.1000. The average molecular weight is 344 g/mol. The van der Waals surface area contributed by atoms with Crippen LogP contribution in [-0.2, 0) is 16.6 Å². The van der Waals surface area contributed by atoms with Crippen LogP contribution in [0.5, 0.6) is 0 Å². The first-order valence-corrected chi connectivity index (χ1v) is 9.29. The van der Waals surface area contributed by atoms with Gasteiger partial charge in [0.15, 0.2) is 0 Å². The second kappa shape index (κ2) is 6.37. The number of amides is 1. The molecule has 5 nitrogen and oxygen atoms in total. The highest BCUT2D eigenvalue weighted by Gasteiger charge is 2.38. The predicted octanol–water partition coefficient (Wildman–Crippen LogP) is 2.45. The van der Waals surface area contributed by atoms with Gasteiger partial charge in [0.1, 0.15) is 0 Å². The number of rotatable bonds is 6. The van der Waals surface area contributed by atoms with Crippen molar-refractivity contribution in [2.45, 2.75) is 37.2 Å². The zero-order valence-corrected chi connectivity index (χ0v) is 14.3. The van der Waals surface area contributed by atoms with E-state index < -0.39 is 15.9 Å². The van der Waals surface area contributed by atoms with Crippen molar-refractivity contribution in [3.63, 3.8) is 0 Å². The minimum atomic E-state index is -3.54. The molecule has 0 spiro atoms. The Kier molecular flexibility index (Phi) is 4.43. The summed E-state index contributed by atoms with van der Waals surface area (Å²) in [5.74, 6) is -0.493. The number of primary amides is 1. The molecule has 0 aromatic heterocycles. The number of hydrogen-bond acceptors (Lipinski definition) is 3. The van der Waals surface area contributed by atoms with Crippen LogP contribution in [0.3, 0.4) is 0 Å². The van der Waals surface area contributed by atoms with Crippen LogP contribution in [0.2, 0.25) is 0 Å². The molecule has 24 heavy (non-hydrogen) atoms. The molecule has 1 aliphatic rings. The summed E-state index contributed by atoms with van der Waals surface area (Å²) in [6, 6.07) is 13.7. The number of aryl methyl sites for hydroxylation is 1. The summed E-state index contributed by atoms with van der Waals surface area (Å²) < 4.78 is 27.5. The van der Waals surface area contributed by atoms with E-state index in [2.05, 4.69) is 0 Å². The molecular weight excluding hydrogens is 324 g/mol. The van der Waals surface area contributed by atoms with Gasteiger partial charge in [0.05, 0.1) is 4.90 Å². The Morgan fingerprint density at radius 2 is 1.67 bits per heavy atom. The smallest absolute Gasteiger partial charge is 0.248 e. The SMILES string of the molecule is Cc1ccc(S(=O)(=O)N(Cc2ccc(C(N)=O)cc2)C2CC2)cc1. The Balaban J connectivity index is 1.87. The molecule has 2 aromatic carbocycles. The molecule has 0 radical (unpaired) electrons. The van der Waals surface area contributed by atoms with E-state index in [9.17, 15) is 13.2 Å². The van der Waals surface area contributed by atoms with E-state index in [-0.39, 0.29) is 6.04 Å². The molecule has 2 N–H and O–H groups in total. The minimum absolute atomic E-state index is 0.0483. The molecule has 3 rings (SSSR count). The number of carbonyl (C=O) groups is 1. The molecule has 0 unspecified atom stereocenters. The fourth-order valence-electron chi connectivity index (χ4n) is 2.57. The molecule has 1 fully saturated rings. The number of nitrogens with two attached hydrogens (primary N) is 1. The van der Waals surface area contributed by atoms with Gasteiger partial charge in [-0.25, -0.2) is 8.42 Å². The van der Waals surface area contributed by atoms with Gasteiger partial charge >= 0.3 is 0 Å². The number of sulfonamides is 1. The van der Waals surface area contributed by atoms with Crippen molar-refractivity contribution in [3.8, 4) is 0 Å². The Morgan fingerprint density at radius 1 is 1.08 bits per heavy atom. The first kappa shape index (κ1) is 16.7. The summed E-state index contributed by atoms with van der Waals surface area (Å²) in [6.45, 7) is 2.22. The Morgan fingerprint density at radius 3 is 2.17 bits per heavy atom. The normalized spacial score (nSPS) is 14.8. The van der Waals surface area contributed by atoms with Crippen LogP contribution in [0.15, 0.2) is 53.4 Å². The average Bonchev–Trinajstić information content (AvgIpc) is 3.38. The molecule has 0 bridgehead atoms. The van der Waals surface area contributed by atoms with Gasteiger partial charge in [-0.2, -0.15) is 4.31 Å². The number of carbonyl (C=O) groups excluding carboxylic acids is 1. The number of benzene rings is 2. The van der Waals surface area contributed by atoms with E-state index in [1.165, 1.54) is 0 Å². The van der Waals surface area contributed by atoms with Gasteiger partial charge in [0.2, 0.25) is 15.9 Å². The van der Waals surface area contributed by atoms with Crippen LogP contribution in [0.4, 0.5) is 0 Å². The van der Waals surface area contributed by atoms with E-state index in [0.29, 0.717) is 17.0 Å². The van der Waals surface area contributed by atoms with Gasteiger partial charge in [-0.05, 0) is 49.6 Å². The van der Waals surface area contributed by atoms with Crippen molar-refractivity contribution in [3.05, 3.63) is 65.2 Å². The lowest BCUT2D eigenvalue weighted by Gasteiger charge is -2.22. The highest BCUT2D eigenvalue weighted by atomic mass is 32.2. The fraction of sp³-hybridized carbons (Fsp3) is 0.278. The molecule has 126 valence electrons. The fourth-order valence-corrected chi connectivity index (χ4v) is 4.25. The number of hydrogen-bond donors (Lipinski definition) is 1. The first-order chi connectivity index (χ1) is 11.4. The number of nitrogens with zero attached hydrogens (tertiary/aromatic N) is 1. The zero-order chi connectivity index (χ0) is 17.3. The van der Waals surface area contributed by atoms with Crippen molar-refractivity contribution in [1.82, 2.24) is 4.31 Å². The third kappa shape index (κ3) is 3.49. The van der Waals surface area contributed by atoms with Crippen molar-refractivity contribution in [1.29, 1.82) is 0 Å². The molecule has 6 heteroatoms. The van der Waals surface area contributed by atoms with Gasteiger partial charge in [0, 0.05) is 18.2 Å². The van der Waals surface area contributed by atoms with Crippen molar-refractivity contribution >= 4 is 15.9 Å². The summed E-state index contributed by atoms with van der Waals surface area (Å²) in [4.78, 5) is 11.5. The maximum absolute atomic E-state index is 13.0. The Labute approximate surface area is 142 Å². The van der Waals surface area contributed by atoms with Crippen LogP contribution in [0.25, 0.3) is 0 Å². The molecule has 1 amide bonds. The largest absolute Gasteiger partial charge is 0.366 e. The van der Waals surface area contributed by atoms with E-state index >= 15 is 0 Å². The zero-order valence-electron chi connectivity index (χ0n) is 13.5. The topological polar surface area (TPSA) is 80.5 Å². The third-order valence-corrected chi connectivity index (χ3v) is 6.07. The molecule has 0 heterocycles. The van der Waals surface area contributed by atoms with Crippen LogP contribution in [0, 0.1) is 6.92 Å². The van der Waals surface area contributed by atoms with Crippen LogP contribution < -0.4 is 5.73 Å². The quantitative estimate of drug-likeness (QED) is 0.874. The highest BCUT2D eigenvalue weighted by molar-refractivity contribution is 7.89. The minimum Gasteiger partial charge on any atom is -0.366 e. The third-order valence-electron chi connectivity index (χ3n) is 4.16. The maximum Gasteiger partial charge on any atom is 0.248 e. The molecular formula is C18H20N2O3S. The molecule has 0 saturated heterocycles. The van der Waals surface area contributed by atoms with Gasteiger partial charge in [-0.15, -0.1) is 0 Å². The van der Waals surface area contributed by atoms with Gasteiger partial charge in [-0.3, -0.25) is 4.79 Å². The van der Waals surface area contributed by atoms with Gasteiger partial charge in [0.25, 0.3) is 0 Å². The van der Waals surface area contributed by atoms with Gasteiger partial charge < -0.3 is 5.73 Å².